The third-order valence-electron chi connectivity index (χ3n) is 5.32. The number of anilines is 1. The highest BCUT2D eigenvalue weighted by atomic mass is 16.2. The molecule has 4 N–H and O–H groups in total. The van der Waals surface area contributed by atoms with Gasteiger partial charge in [-0.2, -0.15) is 0 Å². The first-order chi connectivity index (χ1) is 12.3. The quantitative estimate of drug-likeness (QED) is 0.695. The lowest BCUT2D eigenvalue weighted by atomic mass is 9.71. The fourth-order valence-electron chi connectivity index (χ4n) is 3.63. The Kier molecular flexibility index (Phi) is 7.21. The molecule has 144 valence electrons. The number of aryl methyl sites for hydroxylation is 1. The maximum absolute atomic E-state index is 12.5. The van der Waals surface area contributed by atoms with E-state index in [9.17, 15) is 9.59 Å². The van der Waals surface area contributed by atoms with Crippen LogP contribution in [0.4, 0.5) is 5.69 Å². The number of nitrogens with two attached hydrogens (primary N) is 1. The summed E-state index contributed by atoms with van der Waals surface area (Å²) in [5, 5.41) is 5.92. The average Bonchev–Trinajstić information content (AvgIpc) is 2.62. The second-order valence-electron chi connectivity index (χ2n) is 8.12. The molecule has 2 amide bonds. The summed E-state index contributed by atoms with van der Waals surface area (Å²) in [6.45, 7) is 7.25. The first-order valence-corrected chi connectivity index (χ1v) is 9.74. The van der Waals surface area contributed by atoms with Gasteiger partial charge in [-0.1, -0.05) is 33.1 Å². The molecule has 1 fully saturated rings. The molecule has 26 heavy (non-hydrogen) atoms. The van der Waals surface area contributed by atoms with E-state index in [-0.39, 0.29) is 17.2 Å². The van der Waals surface area contributed by atoms with Crippen LogP contribution in [-0.4, -0.2) is 24.9 Å². The molecule has 0 saturated heterocycles. The summed E-state index contributed by atoms with van der Waals surface area (Å²) in [6.07, 6.45) is 6.09. The van der Waals surface area contributed by atoms with Crippen molar-refractivity contribution in [1.29, 1.82) is 0 Å². The lowest BCUT2D eigenvalue weighted by Crippen LogP contribution is -2.36. The van der Waals surface area contributed by atoms with Crippen molar-refractivity contribution in [1.82, 2.24) is 5.32 Å². The van der Waals surface area contributed by atoms with E-state index in [4.69, 9.17) is 5.73 Å². The number of rotatable bonds is 7. The average molecular weight is 360 g/mol. The molecular formula is C21H33N3O2. The number of carbonyl (C=O) groups excluding carboxylic acids is 2. The monoisotopic (exact) mass is 359 g/mol. The predicted molar refractivity (Wildman–Crippen MR) is 106 cm³/mol. The van der Waals surface area contributed by atoms with Crippen LogP contribution in [0.5, 0.6) is 0 Å². The van der Waals surface area contributed by atoms with E-state index in [2.05, 4.69) is 24.5 Å². The number of benzene rings is 1. The normalized spacial score (nSPS) is 16.3. The molecule has 0 unspecified atom stereocenters. The summed E-state index contributed by atoms with van der Waals surface area (Å²) in [7, 11) is 0. The SMILES string of the molecule is Cc1cc(C(=O)NCC(C)C)ccc1NC(=O)CC1(CN)CCCCC1. The predicted octanol–water partition coefficient (Wildman–Crippen LogP) is 3.62. The van der Waals surface area contributed by atoms with E-state index in [0.29, 0.717) is 31.0 Å². The molecule has 0 aromatic heterocycles. The second kappa shape index (κ2) is 9.17. The van der Waals surface area contributed by atoms with Crippen LogP contribution in [0.3, 0.4) is 0 Å². The third-order valence-corrected chi connectivity index (χ3v) is 5.32. The Labute approximate surface area is 157 Å². The van der Waals surface area contributed by atoms with Crippen molar-refractivity contribution in [3.8, 4) is 0 Å². The Bertz CT molecular complexity index is 634. The summed E-state index contributed by atoms with van der Waals surface area (Å²) >= 11 is 0. The maximum Gasteiger partial charge on any atom is 0.251 e. The zero-order chi connectivity index (χ0) is 19.2. The van der Waals surface area contributed by atoms with Crippen molar-refractivity contribution in [2.24, 2.45) is 17.1 Å². The summed E-state index contributed by atoms with van der Waals surface area (Å²) in [5.74, 6) is 0.342. The highest BCUT2D eigenvalue weighted by Crippen LogP contribution is 2.38. The van der Waals surface area contributed by atoms with Crippen molar-refractivity contribution in [2.75, 3.05) is 18.4 Å². The molecule has 1 aromatic carbocycles. The minimum atomic E-state index is -0.0797. The molecule has 0 aliphatic heterocycles. The van der Waals surface area contributed by atoms with Crippen LogP contribution in [0.2, 0.25) is 0 Å². The van der Waals surface area contributed by atoms with Gasteiger partial charge in [-0.3, -0.25) is 9.59 Å². The largest absolute Gasteiger partial charge is 0.352 e. The molecule has 5 nitrogen and oxygen atoms in total. The van der Waals surface area contributed by atoms with Gasteiger partial charge in [-0.15, -0.1) is 0 Å². The van der Waals surface area contributed by atoms with Crippen molar-refractivity contribution in [2.45, 2.75) is 59.3 Å². The second-order valence-corrected chi connectivity index (χ2v) is 8.12. The number of hydrogen-bond acceptors (Lipinski definition) is 3. The van der Waals surface area contributed by atoms with Crippen molar-refractivity contribution in [3.05, 3.63) is 29.3 Å². The Morgan fingerprint density at radius 3 is 2.46 bits per heavy atom. The highest BCUT2D eigenvalue weighted by Gasteiger charge is 2.33. The molecule has 0 radical (unpaired) electrons. The first kappa shape index (κ1) is 20.4. The van der Waals surface area contributed by atoms with Gasteiger partial charge in [0.05, 0.1) is 0 Å². The molecule has 0 spiro atoms. The van der Waals surface area contributed by atoms with Crippen molar-refractivity contribution in [3.63, 3.8) is 0 Å². The van der Waals surface area contributed by atoms with Crippen LogP contribution in [-0.2, 0) is 4.79 Å². The van der Waals surface area contributed by atoms with Gasteiger partial charge in [0.2, 0.25) is 5.91 Å². The summed E-state index contributed by atoms with van der Waals surface area (Å²) in [5.41, 5.74) is 8.21. The summed E-state index contributed by atoms with van der Waals surface area (Å²) in [6, 6.07) is 5.40. The van der Waals surface area contributed by atoms with Crippen LogP contribution in [0.25, 0.3) is 0 Å². The van der Waals surface area contributed by atoms with E-state index in [1.165, 1.54) is 6.42 Å². The van der Waals surface area contributed by atoms with Gasteiger partial charge in [0.1, 0.15) is 0 Å². The topological polar surface area (TPSA) is 84.2 Å². The lowest BCUT2D eigenvalue weighted by molar-refractivity contribution is -0.118. The van der Waals surface area contributed by atoms with Crippen molar-refractivity contribution >= 4 is 17.5 Å². The van der Waals surface area contributed by atoms with Gasteiger partial charge in [0.15, 0.2) is 0 Å². The van der Waals surface area contributed by atoms with Crippen LogP contribution in [0.15, 0.2) is 18.2 Å². The minimum absolute atomic E-state index is 0.0115. The Morgan fingerprint density at radius 2 is 1.88 bits per heavy atom. The molecule has 1 aliphatic rings. The van der Waals surface area contributed by atoms with E-state index < -0.39 is 0 Å². The van der Waals surface area contributed by atoms with Crippen LogP contribution >= 0.6 is 0 Å². The molecule has 0 bridgehead atoms. The zero-order valence-corrected chi connectivity index (χ0v) is 16.4. The highest BCUT2D eigenvalue weighted by molar-refractivity contribution is 5.96. The van der Waals surface area contributed by atoms with Crippen LogP contribution in [0, 0.1) is 18.3 Å². The summed E-state index contributed by atoms with van der Waals surface area (Å²) in [4.78, 5) is 24.7. The molecule has 0 atom stereocenters. The molecule has 1 aromatic rings. The Morgan fingerprint density at radius 1 is 1.19 bits per heavy atom. The fraction of sp³-hybridized carbons (Fsp3) is 0.619. The Hall–Kier alpha value is -1.88. The number of carbonyl (C=O) groups is 2. The molecule has 2 rings (SSSR count). The fourth-order valence-corrected chi connectivity index (χ4v) is 3.63. The molecule has 1 aliphatic carbocycles. The van der Waals surface area contributed by atoms with E-state index >= 15 is 0 Å². The van der Waals surface area contributed by atoms with Gasteiger partial charge in [0, 0.05) is 24.2 Å². The minimum Gasteiger partial charge on any atom is -0.352 e. The van der Waals surface area contributed by atoms with Gasteiger partial charge < -0.3 is 16.4 Å². The molecule has 0 heterocycles. The zero-order valence-electron chi connectivity index (χ0n) is 16.4. The lowest BCUT2D eigenvalue weighted by Gasteiger charge is -2.35. The van der Waals surface area contributed by atoms with Gasteiger partial charge in [0.25, 0.3) is 5.91 Å². The maximum atomic E-state index is 12.5. The smallest absolute Gasteiger partial charge is 0.251 e. The first-order valence-electron chi connectivity index (χ1n) is 9.74. The van der Waals surface area contributed by atoms with Gasteiger partial charge in [-0.05, 0) is 61.4 Å². The molecule has 5 heteroatoms. The van der Waals surface area contributed by atoms with Gasteiger partial charge >= 0.3 is 0 Å². The number of hydrogen-bond donors (Lipinski definition) is 3. The number of nitrogens with one attached hydrogen (secondary N) is 2. The standard InChI is InChI=1S/C21H33N3O2/c1-15(2)13-23-20(26)17-7-8-18(16(3)11-17)24-19(25)12-21(14-22)9-5-4-6-10-21/h7-8,11,15H,4-6,9-10,12-14,22H2,1-3H3,(H,23,26)(H,24,25). The third kappa shape index (κ3) is 5.56. The summed E-state index contributed by atoms with van der Waals surface area (Å²) < 4.78 is 0. The van der Waals surface area contributed by atoms with Gasteiger partial charge in [-0.25, -0.2) is 0 Å². The molecule has 1 saturated carbocycles. The van der Waals surface area contributed by atoms with Crippen LogP contribution in [0.1, 0.15) is 68.3 Å². The number of amides is 2. The van der Waals surface area contributed by atoms with Crippen molar-refractivity contribution < 1.29 is 9.59 Å². The van der Waals surface area contributed by atoms with E-state index in [1.54, 1.807) is 6.07 Å². The molecular weight excluding hydrogens is 326 g/mol. The van der Waals surface area contributed by atoms with Crippen LogP contribution < -0.4 is 16.4 Å². The van der Waals surface area contributed by atoms with E-state index in [0.717, 1.165) is 36.9 Å². The Balaban J connectivity index is 1.98. The van der Waals surface area contributed by atoms with E-state index in [1.807, 2.05) is 19.1 Å².